The van der Waals surface area contributed by atoms with Gasteiger partial charge in [0.15, 0.2) is 0 Å². The Kier molecular flexibility index (Phi) is 6.29. The van der Waals surface area contributed by atoms with Gasteiger partial charge in [0.05, 0.1) is 6.61 Å². The lowest BCUT2D eigenvalue weighted by Gasteiger charge is -2.10. The molecular formula is C11H14Br2O2. The van der Waals surface area contributed by atoms with Gasteiger partial charge in [-0.25, -0.2) is 0 Å². The van der Waals surface area contributed by atoms with Crippen molar-refractivity contribution in [1.29, 1.82) is 0 Å². The highest BCUT2D eigenvalue weighted by Crippen LogP contribution is 2.25. The Hall–Kier alpha value is -0.0600. The third-order valence-corrected chi connectivity index (χ3v) is 3.01. The van der Waals surface area contributed by atoms with Crippen molar-refractivity contribution in [3.63, 3.8) is 0 Å². The normalized spacial score (nSPS) is 10.3. The maximum atomic E-state index is 5.65. The van der Waals surface area contributed by atoms with Gasteiger partial charge in [-0.15, -0.1) is 0 Å². The number of hydrogen-bond acceptors (Lipinski definition) is 2. The zero-order chi connectivity index (χ0) is 11.1. The van der Waals surface area contributed by atoms with Crippen LogP contribution in [-0.4, -0.2) is 20.3 Å². The van der Waals surface area contributed by atoms with E-state index >= 15 is 0 Å². The Labute approximate surface area is 107 Å². The lowest BCUT2D eigenvalue weighted by Crippen LogP contribution is -2.02. The number of hydrogen-bond donors (Lipinski definition) is 0. The number of benzene rings is 1. The Morgan fingerprint density at radius 2 is 2.07 bits per heavy atom. The van der Waals surface area contributed by atoms with Crippen molar-refractivity contribution in [3.8, 4) is 5.75 Å². The minimum atomic E-state index is 0.690. The van der Waals surface area contributed by atoms with Gasteiger partial charge in [0.2, 0.25) is 0 Å². The van der Waals surface area contributed by atoms with Crippen molar-refractivity contribution in [2.45, 2.75) is 11.8 Å². The molecule has 2 nitrogen and oxygen atoms in total. The summed E-state index contributed by atoms with van der Waals surface area (Å²) in [6.07, 6.45) is 0.911. The third-order valence-electron chi connectivity index (χ3n) is 1.92. The van der Waals surface area contributed by atoms with E-state index in [1.54, 1.807) is 7.11 Å². The molecular weight excluding hydrogens is 324 g/mol. The highest BCUT2D eigenvalue weighted by molar-refractivity contribution is 9.10. The largest absolute Gasteiger partial charge is 0.493 e. The van der Waals surface area contributed by atoms with E-state index in [2.05, 4.69) is 37.9 Å². The average Bonchev–Trinajstić information content (AvgIpc) is 2.26. The topological polar surface area (TPSA) is 18.5 Å². The molecule has 0 heterocycles. The summed E-state index contributed by atoms with van der Waals surface area (Å²) in [6.45, 7) is 1.43. The standard InChI is InChI=1S/C11H14Br2O2/c1-14-5-2-6-15-11-4-3-10(13)7-9(11)8-12/h3-4,7H,2,5-6,8H2,1H3. The van der Waals surface area contributed by atoms with E-state index in [0.717, 1.165) is 34.1 Å². The molecule has 0 fully saturated rings. The number of ether oxygens (including phenoxy) is 2. The van der Waals surface area contributed by atoms with Gasteiger partial charge in [-0.1, -0.05) is 31.9 Å². The summed E-state index contributed by atoms with van der Waals surface area (Å²) in [5.41, 5.74) is 1.15. The summed E-state index contributed by atoms with van der Waals surface area (Å²) in [6, 6.07) is 6.02. The molecule has 0 spiro atoms. The van der Waals surface area contributed by atoms with Crippen molar-refractivity contribution in [1.82, 2.24) is 0 Å². The second-order valence-corrected chi connectivity index (χ2v) is 4.56. The van der Waals surface area contributed by atoms with E-state index in [1.807, 2.05) is 12.1 Å². The van der Waals surface area contributed by atoms with Crippen molar-refractivity contribution >= 4 is 31.9 Å². The maximum Gasteiger partial charge on any atom is 0.123 e. The van der Waals surface area contributed by atoms with Gasteiger partial charge >= 0.3 is 0 Å². The van der Waals surface area contributed by atoms with Gasteiger partial charge in [-0.05, 0) is 18.2 Å². The molecule has 1 aromatic rings. The van der Waals surface area contributed by atoms with Gasteiger partial charge in [0.1, 0.15) is 5.75 Å². The van der Waals surface area contributed by atoms with Gasteiger partial charge < -0.3 is 9.47 Å². The lowest BCUT2D eigenvalue weighted by atomic mass is 10.2. The minimum absolute atomic E-state index is 0.690. The van der Waals surface area contributed by atoms with E-state index in [-0.39, 0.29) is 0 Å². The molecule has 0 amide bonds. The van der Waals surface area contributed by atoms with Crippen molar-refractivity contribution in [3.05, 3.63) is 28.2 Å². The quantitative estimate of drug-likeness (QED) is 0.581. The van der Waals surface area contributed by atoms with Crippen LogP contribution < -0.4 is 4.74 Å². The summed E-state index contributed by atoms with van der Waals surface area (Å²) in [4.78, 5) is 0. The minimum Gasteiger partial charge on any atom is -0.493 e. The first kappa shape index (κ1) is 13.0. The number of halogens is 2. The van der Waals surface area contributed by atoms with Crippen molar-refractivity contribution < 1.29 is 9.47 Å². The highest BCUT2D eigenvalue weighted by Gasteiger charge is 2.02. The molecule has 84 valence electrons. The van der Waals surface area contributed by atoms with Crippen LogP contribution in [0.2, 0.25) is 0 Å². The number of alkyl halides is 1. The van der Waals surface area contributed by atoms with E-state index in [9.17, 15) is 0 Å². The molecule has 0 N–H and O–H groups in total. The van der Waals surface area contributed by atoms with Crippen LogP contribution >= 0.6 is 31.9 Å². The fraction of sp³-hybridized carbons (Fsp3) is 0.455. The lowest BCUT2D eigenvalue weighted by molar-refractivity contribution is 0.172. The molecule has 0 aliphatic heterocycles. The molecule has 0 saturated carbocycles. The molecule has 0 unspecified atom stereocenters. The SMILES string of the molecule is COCCCOc1ccc(Br)cc1CBr. The Balaban J connectivity index is 2.52. The molecule has 0 aromatic heterocycles. The molecule has 0 atom stereocenters. The molecule has 0 bridgehead atoms. The molecule has 15 heavy (non-hydrogen) atoms. The van der Waals surface area contributed by atoms with Crippen LogP contribution in [0.3, 0.4) is 0 Å². The van der Waals surface area contributed by atoms with Crippen molar-refractivity contribution in [2.24, 2.45) is 0 Å². The fourth-order valence-corrected chi connectivity index (χ4v) is 2.03. The van der Waals surface area contributed by atoms with Crippen LogP contribution in [0, 0.1) is 0 Å². The first-order chi connectivity index (χ1) is 7.27. The molecule has 1 aromatic carbocycles. The fourth-order valence-electron chi connectivity index (χ4n) is 1.18. The van der Waals surface area contributed by atoms with Crippen LogP contribution in [0.1, 0.15) is 12.0 Å². The molecule has 0 saturated heterocycles. The highest BCUT2D eigenvalue weighted by atomic mass is 79.9. The molecule has 0 radical (unpaired) electrons. The van der Waals surface area contributed by atoms with Crippen LogP contribution in [-0.2, 0) is 10.1 Å². The predicted molar refractivity (Wildman–Crippen MR) is 68.8 cm³/mol. The molecule has 0 aliphatic rings. The number of methoxy groups -OCH3 is 1. The maximum absolute atomic E-state index is 5.65. The van der Waals surface area contributed by atoms with Gasteiger partial charge in [-0.3, -0.25) is 0 Å². The smallest absolute Gasteiger partial charge is 0.123 e. The summed E-state index contributed by atoms with van der Waals surface area (Å²) in [7, 11) is 1.70. The Morgan fingerprint density at radius 1 is 1.27 bits per heavy atom. The number of rotatable bonds is 6. The molecule has 4 heteroatoms. The van der Waals surface area contributed by atoms with Gasteiger partial charge in [0, 0.05) is 35.5 Å². The van der Waals surface area contributed by atoms with Crippen LogP contribution in [0.4, 0.5) is 0 Å². The predicted octanol–water partition coefficient (Wildman–Crippen LogP) is 3.76. The average molecular weight is 338 g/mol. The molecule has 0 aliphatic carbocycles. The summed E-state index contributed by atoms with van der Waals surface area (Å²) in [5.74, 6) is 0.936. The summed E-state index contributed by atoms with van der Waals surface area (Å²) < 4.78 is 11.7. The van der Waals surface area contributed by atoms with E-state index in [0.29, 0.717) is 6.61 Å². The van der Waals surface area contributed by atoms with Crippen molar-refractivity contribution in [2.75, 3.05) is 20.3 Å². The van der Waals surface area contributed by atoms with Crippen LogP contribution in [0.5, 0.6) is 5.75 Å². The Bertz CT molecular complexity index is 303. The third kappa shape index (κ3) is 4.53. The summed E-state index contributed by atoms with van der Waals surface area (Å²) >= 11 is 6.87. The Morgan fingerprint density at radius 3 is 2.73 bits per heavy atom. The second-order valence-electron chi connectivity index (χ2n) is 3.08. The van der Waals surface area contributed by atoms with Crippen LogP contribution in [0.15, 0.2) is 22.7 Å². The van der Waals surface area contributed by atoms with Gasteiger partial charge in [0.25, 0.3) is 0 Å². The van der Waals surface area contributed by atoms with E-state index in [1.165, 1.54) is 0 Å². The zero-order valence-corrected chi connectivity index (χ0v) is 11.8. The first-order valence-electron chi connectivity index (χ1n) is 4.74. The van der Waals surface area contributed by atoms with Crippen LogP contribution in [0.25, 0.3) is 0 Å². The van der Waals surface area contributed by atoms with E-state index in [4.69, 9.17) is 9.47 Å². The monoisotopic (exact) mass is 336 g/mol. The zero-order valence-electron chi connectivity index (χ0n) is 8.63. The van der Waals surface area contributed by atoms with E-state index < -0.39 is 0 Å². The van der Waals surface area contributed by atoms with Gasteiger partial charge in [-0.2, -0.15) is 0 Å². The second kappa shape index (κ2) is 7.25. The summed E-state index contributed by atoms with van der Waals surface area (Å²) in [5, 5.41) is 0.798. The molecule has 1 rings (SSSR count). The first-order valence-corrected chi connectivity index (χ1v) is 6.65.